The molecule has 0 spiro atoms. The molecule has 0 aliphatic carbocycles. The minimum Gasteiger partial charge on any atom is -1.00 e. The van der Waals surface area contributed by atoms with Crippen LogP contribution in [0.5, 0.6) is 0 Å². The molecule has 142 valence electrons. The molecule has 6 heteroatoms. The SMILES string of the molecule is CCCCCCCC/C=C\CCCCCCCCOS(=O)(=O)O.[H-].[H-].[Mg+2]. The van der Waals surface area contributed by atoms with E-state index in [1.807, 2.05) is 0 Å². The molecule has 4 nitrogen and oxygen atoms in total. The Bertz CT molecular complexity index is 379. The molecule has 0 amide bonds. The second-order valence-electron chi connectivity index (χ2n) is 6.19. The fourth-order valence-corrected chi connectivity index (χ4v) is 2.84. The number of rotatable bonds is 17. The summed E-state index contributed by atoms with van der Waals surface area (Å²) in [6.07, 6.45) is 21.5. The number of hydrogen-bond donors (Lipinski definition) is 1. The van der Waals surface area contributed by atoms with Crippen LogP contribution in [0.15, 0.2) is 12.2 Å². The zero-order chi connectivity index (χ0) is 17.2. The van der Waals surface area contributed by atoms with Crippen molar-refractivity contribution >= 4 is 33.5 Å². The quantitative estimate of drug-likeness (QED) is 0.154. The van der Waals surface area contributed by atoms with Crippen LogP contribution >= 0.6 is 0 Å². The monoisotopic (exact) mass is 374 g/mol. The molecule has 0 fully saturated rings. The Morgan fingerprint density at radius 1 is 0.792 bits per heavy atom. The van der Waals surface area contributed by atoms with Crippen molar-refractivity contribution in [2.24, 2.45) is 0 Å². The van der Waals surface area contributed by atoms with Crippen LogP contribution in [-0.2, 0) is 14.6 Å². The smallest absolute Gasteiger partial charge is 1.00 e. The minimum absolute atomic E-state index is 0. The first-order chi connectivity index (χ1) is 11.1. The maximum Gasteiger partial charge on any atom is 2.00 e. The maximum absolute atomic E-state index is 10.3. The van der Waals surface area contributed by atoms with E-state index in [-0.39, 0.29) is 32.5 Å². The van der Waals surface area contributed by atoms with Crippen molar-refractivity contribution in [3.8, 4) is 0 Å². The minimum atomic E-state index is -4.25. The zero-order valence-electron chi connectivity index (χ0n) is 17.5. The van der Waals surface area contributed by atoms with Crippen LogP contribution in [0.4, 0.5) is 0 Å². The summed E-state index contributed by atoms with van der Waals surface area (Å²) in [4.78, 5) is 0. The summed E-state index contributed by atoms with van der Waals surface area (Å²) in [7, 11) is -4.25. The first-order valence-corrected chi connectivity index (χ1v) is 10.7. The standard InChI is InChI=1S/C18H36O4S.Mg.2H/c1-2-3-4-5-6-7-8-9-10-11-12-13-14-15-16-17-18-22-23(19,20)21;;;/h9-10H,2-8,11-18H2,1H3,(H,19,20,21);;;/q;+2;2*-1/b10-9-;;;. The van der Waals surface area contributed by atoms with E-state index in [9.17, 15) is 8.42 Å². The Morgan fingerprint density at radius 3 is 1.67 bits per heavy atom. The van der Waals surface area contributed by atoms with Gasteiger partial charge in [0.15, 0.2) is 0 Å². The van der Waals surface area contributed by atoms with E-state index in [1.54, 1.807) is 0 Å². The van der Waals surface area contributed by atoms with Crippen molar-refractivity contribution in [2.45, 2.75) is 96.8 Å². The molecule has 0 radical (unpaired) electrons. The van der Waals surface area contributed by atoms with Crippen LogP contribution in [0.1, 0.15) is 99.7 Å². The molecule has 0 aromatic carbocycles. The molecule has 24 heavy (non-hydrogen) atoms. The van der Waals surface area contributed by atoms with Crippen molar-refractivity contribution in [1.82, 2.24) is 0 Å². The third-order valence-electron chi connectivity index (χ3n) is 3.89. The fourth-order valence-electron chi connectivity index (χ4n) is 2.51. The largest absolute Gasteiger partial charge is 2.00 e. The van der Waals surface area contributed by atoms with E-state index >= 15 is 0 Å². The molecule has 0 aromatic rings. The average Bonchev–Trinajstić information content (AvgIpc) is 2.49. The van der Waals surface area contributed by atoms with E-state index in [0.29, 0.717) is 6.42 Å². The van der Waals surface area contributed by atoms with Crippen LogP contribution in [0, 0.1) is 0 Å². The predicted molar refractivity (Wildman–Crippen MR) is 105 cm³/mol. The molecule has 0 aromatic heterocycles. The van der Waals surface area contributed by atoms with Gasteiger partial charge in [0.05, 0.1) is 6.61 Å². The van der Waals surface area contributed by atoms with Crippen molar-refractivity contribution < 1.29 is 20.0 Å². The number of allylic oxidation sites excluding steroid dienone is 2. The van der Waals surface area contributed by atoms with Gasteiger partial charge in [-0.1, -0.05) is 76.9 Å². The summed E-state index contributed by atoms with van der Waals surface area (Å²) >= 11 is 0. The van der Waals surface area contributed by atoms with Gasteiger partial charge in [-0.3, -0.25) is 4.55 Å². The van der Waals surface area contributed by atoms with Crippen LogP contribution in [0.3, 0.4) is 0 Å². The van der Waals surface area contributed by atoms with E-state index < -0.39 is 10.4 Å². The summed E-state index contributed by atoms with van der Waals surface area (Å²) in [5.41, 5.74) is 0. The van der Waals surface area contributed by atoms with Gasteiger partial charge in [0.2, 0.25) is 0 Å². The third-order valence-corrected chi connectivity index (χ3v) is 4.35. The van der Waals surface area contributed by atoms with Gasteiger partial charge in [-0.15, -0.1) is 0 Å². The van der Waals surface area contributed by atoms with Gasteiger partial charge in [-0.2, -0.15) is 8.42 Å². The first-order valence-electron chi connectivity index (χ1n) is 9.33. The van der Waals surface area contributed by atoms with Crippen LogP contribution in [0.25, 0.3) is 0 Å². The molecule has 0 rings (SSSR count). The molecule has 0 heterocycles. The Labute approximate surface area is 168 Å². The van der Waals surface area contributed by atoms with Gasteiger partial charge in [-0.05, 0) is 32.1 Å². The van der Waals surface area contributed by atoms with Gasteiger partial charge in [0.1, 0.15) is 0 Å². The van der Waals surface area contributed by atoms with Gasteiger partial charge in [0, 0.05) is 0 Å². The summed E-state index contributed by atoms with van der Waals surface area (Å²) in [6.45, 7) is 2.33. The molecule has 0 aliphatic heterocycles. The molecule has 0 aliphatic rings. The van der Waals surface area contributed by atoms with E-state index in [4.69, 9.17) is 4.55 Å². The molecule has 0 saturated carbocycles. The molecular formula is C18H38MgO4S. The zero-order valence-corrected chi connectivity index (χ0v) is 17.8. The third kappa shape index (κ3) is 24.6. The summed E-state index contributed by atoms with van der Waals surface area (Å²) in [5.74, 6) is 0. The molecule has 0 atom stereocenters. The number of hydrogen-bond acceptors (Lipinski definition) is 3. The van der Waals surface area contributed by atoms with Crippen molar-refractivity contribution in [3.63, 3.8) is 0 Å². The Hall–Kier alpha value is 0.376. The first kappa shape index (κ1) is 26.6. The summed E-state index contributed by atoms with van der Waals surface area (Å²) in [5, 5.41) is 0. The topological polar surface area (TPSA) is 63.6 Å². The molecule has 0 bridgehead atoms. The van der Waals surface area contributed by atoms with E-state index in [2.05, 4.69) is 23.3 Å². The fraction of sp³-hybridized carbons (Fsp3) is 0.889. The number of unbranched alkanes of at least 4 members (excludes halogenated alkanes) is 12. The Morgan fingerprint density at radius 2 is 1.21 bits per heavy atom. The Kier molecular flexibility index (Phi) is 21.8. The second kappa shape index (κ2) is 19.7. The normalized spacial score (nSPS) is 11.8. The summed E-state index contributed by atoms with van der Waals surface area (Å²) < 4.78 is 33.3. The molecule has 0 unspecified atom stereocenters. The molecule has 1 N–H and O–H groups in total. The van der Waals surface area contributed by atoms with Gasteiger partial charge < -0.3 is 2.85 Å². The second-order valence-corrected chi connectivity index (χ2v) is 7.28. The van der Waals surface area contributed by atoms with Gasteiger partial charge in [-0.25, -0.2) is 4.18 Å². The predicted octanol–water partition coefficient (Wildman–Crippen LogP) is 5.69. The molecule has 0 saturated heterocycles. The van der Waals surface area contributed by atoms with Gasteiger partial charge >= 0.3 is 33.5 Å². The van der Waals surface area contributed by atoms with E-state index in [1.165, 1.54) is 70.6 Å². The summed E-state index contributed by atoms with van der Waals surface area (Å²) in [6, 6.07) is 0. The van der Waals surface area contributed by atoms with Gasteiger partial charge in [0.25, 0.3) is 0 Å². The van der Waals surface area contributed by atoms with E-state index in [0.717, 1.165) is 12.8 Å². The van der Waals surface area contributed by atoms with Crippen molar-refractivity contribution in [3.05, 3.63) is 12.2 Å². The van der Waals surface area contributed by atoms with Crippen LogP contribution in [-0.4, -0.2) is 42.6 Å². The van der Waals surface area contributed by atoms with Crippen LogP contribution < -0.4 is 0 Å². The van der Waals surface area contributed by atoms with Crippen molar-refractivity contribution in [1.29, 1.82) is 0 Å². The average molecular weight is 375 g/mol. The van der Waals surface area contributed by atoms with Crippen LogP contribution in [0.2, 0.25) is 0 Å². The maximum atomic E-state index is 10.3. The molecular weight excluding hydrogens is 337 g/mol. The Balaban J connectivity index is -0.000000807. The van der Waals surface area contributed by atoms with Crippen molar-refractivity contribution in [2.75, 3.05) is 6.61 Å².